The molecule has 0 aliphatic carbocycles. The molecule has 0 radical (unpaired) electrons. The molecule has 1 rings (SSSR count). The van der Waals surface area contributed by atoms with E-state index in [1.54, 1.807) is 26.3 Å². The van der Waals surface area contributed by atoms with Crippen molar-refractivity contribution in [1.82, 2.24) is 10.6 Å². The van der Waals surface area contributed by atoms with E-state index >= 15 is 0 Å². The van der Waals surface area contributed by atoms with E-state index in [1.807, 2.05) is 12.1 Å². The lowest BCUT2D eigenvalue weighted by atomic mass is 10.1. The van der Waals surface area contributed by atoms with Crippen LogP contribution >= 0.6 is 24.0 Å². The van der Waals surface area contributed by atoms with Crippen molar-refractivity contribution in [3.05, 3.63) is 35.4 Å². The van der Waals surface area contributed by atoms with Crippen LogP contribution in [-0.2, 0) is 22.6 Å². The highest BCUT2D eigenvalue weighted by molar-refractivity contribution is 14.0. The van der Waals surface area contributed by atoms with E-state index in [2.05, 4.69) is 20.4 Å². The predicted molar refractivity (Wildman–Crippen MR) is 102 cm³/mol. The van der Waals surface area contributed by atoms with Crippen LogP contribution in [0.2, 0.25) is 0 Å². The summed E-state index contributed by atoms with van der Waals surface area (Å²) in [6, 6.07) is 7.19. The maximum absolute atomic E-state index is 12.0. The van der Waals surface area contributed by atoms with Crippen molar-refractivity contribution in [3.8, 4) is 0 Å². The maximum Gasteiger partial charge on any atom is 0.411 e. The van der Waals surface area contributed by atoms with Gasteiger partial charge in [0.15, 0.2) is 5.96 Å². The highest BCUT2D eigenvalue weighted by atomic mass is 127. The Balaban J connectivity index is 0.00000576. The Morgan fingerprint density at radius 2 is 1.76 bits per heavy atom. The van der Waals surface area contributed by atoms with Gasteiger partial charge < -0.3 is 20.1 Å². The summed E-state index contributed by atoms with van der Waals surface area (Å²) in [7, 11) is 3.34. The smallest absolute Gasteiger partial charge is 0.385 e. The molecule has 9 heteroatoms. The average Bonchev–Trinajstić information content (AvgIpc) is 2.54. The Morgan fingerprint density at radius 3 is 2.32 bits per heavy atom. The van der Waals surface area contributed by atoms with Crippen molar-refractivity contribution in [1.29, 1.82) is 0 Å². The van der Waals surface area contributed by atoms with E-state index in [0.717, 1.165) is 18.5 Å². The Kier molecular flexibility index (Phi) is 12.6. The van der Waals surface area contributed by atoms with Crippen LogP contribution in [0.15, 0.2) is 29.3 Å². The lowest BCUT2D eigenvalue weighted by Gasteiger charge is -2.12. The summed E-state index contributed by atoms with van der Waals surface area (Å²) in [5.74, 6) is 0.684. The number of hydrogen-bond donors (Lipinski definition) is 2. The van der Waals surface area contributed by atoms with Gasteiger partial charge in [0, 0.05) is 33.9 Å². The first-order chi connectivity index (χ1) is 11.4. The summed E-state index contributed by atoms with van der Waals surface area (Å²) in [5.41, 5.74) is 1.69. The monoisotopic (exact) mass is 475 g/mol. The molecule has 1 aromatic rings. The van der Waals surface area contributed by atoms with Crippen LogP contribution in [0.5, 0.6) is 0 Å². The fourth-order valence-corrected chi connectivity index (χ4v) is 1.87. The van der Waals surface area contributed by atoms with Gasteiger partial charge in [0.1, 0.15) is 6.61 Å². The molecule has 0 bridgehead atoms. The Hall–Kier alpha value is -1.07. The molecule has 25 heavy (non-hydrogen) atoms. The minimum Gasteiger partial charge on any atom is -0.385 e. The van der Waals surface area contributed by atoms with Crippen molar-refractivity contribution < 1.29 is 22.6 Å². The highest BCUT2D eigenvalue weighted by Crippen LogP contribution is 2.15. The largest absolute Gasteiger partial charge is 0.411 e. The van der Waals surface area contributed by atoms with Crippen LogP contribution in [0, 0.1) is 0 Å². The zero-order chi connectivity index (χ0) is 17.8. The topological polar surface area (TPSA) is 54.9 Å². The third kappa shape index (κ3) is 12.0. The molecule has 1 aromatic carbocycles. The second-order valence-corrected chi connectivity index (χ2v) is 5.12. The van der Waals surface area contributed by atoms with Gasteiger partial charge in [-0.15, -0.1) is 24.0 Å². The number of benzene rings is 1. The third-order valence-electron chi connectivity index (χ3n) is 3.06. The van der Waals surface area contributed by atoms with Crippen molar-refractivity contribution >= 4 is 29.9 Å². The molecular weight excluding hydrogens is 450 g/mol. The van der Waals surface area contributed by atoms with Crippen LogP contribution < -0.4 is 10.6 Å². The molecule has 0 heterocycles. The first kappa shape index (κ1) is 23.9. The molecule has 5 nitrogen and oxygen atoms in total. The second-order valence-electron chi connectivity index (χ2n) is 5.12. The van der Waals surface area contributed by atoms with E-state index < -0.39 is 12.8 Å². The zero-order valence-corrected chi connectivity index (χ0v) is 16.7. The van der Waals surface area contributed by atoms with Gasteiger partial charge in [0.2, 0.25) is 0 Å². The molecule has 0 aromatic heterocycles. The van der Waals surface area contributed by atoms with E-state index in [0.29, 0.717) is 24.7 Å². The van der Waals surface area contributed by atoms with Crippen LogP contribution in [0.25, 0.3) is 0 Å². The zero-order valence-electron chi connectivity index (χ0n) is 14.4. The van der Waals surface area contributed by atoms with Crippen LogP contribution in [-0.4, -0.2) is 46.1 Å². The van der Waals surface area contributed by atoms with E-state index in [4.69, 9.17) is 4.74 Å². The van der Waals surface area contributed by atoms with Crippen LogP contribution in [0.3, 0.4) is 0 Å². The van der Waals surface area contributed by atoms with Gasteiger partial charge in [-0.1, -0.05) is 24.3 Å². The Morgan fingerprint density at radius 1 is 1.12 bits per heavy atom. The second kappa shape index (κ2) is 13.2. The number of nitrogens with zero attached hydrogens (tertiary/aromatic N) is 1. The van der Waals surface area contributed by atoms with Gasteiger partial charge in [-0.2, -0.15) is 13.2 Å². The quantitative estimate of drug-likeness (QED) is 0.250. The minimum atomic E-state index is -4.30. The fourth-order valence-electron chi connectivity index (χ4n) is 1.87. The Bertz CT molecular complexity index is 496. The molecule has 0 fully saturated rings. The predicted octanol–water partition coefficient (Wildman–Crippen LogP) is 3.09. The lowest BCUT2D eigenvalue weighted by molar-refractivity contribution is -0.176. The van der Waals surface area contributed by atoms with E-state index in [-0.39, 0.29) is 30.6 Å². The normalized spacial score (nSPS) is 11.8. The van der Waals surface area contributed by atoms with E-state index in [9.17, 15) is 13.2 Å². The first-order valence-corrected chi connectivity index (χ1v) is 7.60. The van der Waals surface area contributed by atoms with Crippen molar-refractivity contribution in [2.24, 2.45) is 4.99 Å². The van der Waals surface area contributed by atoms with Gasteiger partial charge in [-0.25, -0.2) is 0 Å². The molecule has 0 saturated heterocycles. The van der Waals surface area contributed by atoms with Crippen LogP contribution in [0.4, 0.5) is 13.2 Å². The molecule has 2 N–H and O–H groups in total. The number of alkyl halides is 3. The summed E-state index contributed by atoms with van der Waals surface area (Å²) in [6.07, 6.45) is -3.42. The highest BCUT2D eigenvalue weighted by Gasteiger charge is 2.27. The maximum atomic E-state index is 12.0. The number of halogens is 4. The van der Waals surface area contributed by atoms with Gasteiger partial charge in [-0.3, -0.25) is 4.99 Å². The third-order valence-corrected chi connectivity index (χ3v) is 3.06. The van der Waals surface area contributed by atoms with Crippen molar-refractivity contribution in [2.75, 3.05) is 33.9 Å². The molecule has 0 atom stereocenters. The Labute approximate surface area is 163 Å². The van der Waals surface area contributed by atoms with E-state index in [1.165, 1.54) is 0 Å². The number of guanidine groups is 1. The summed E-state index contributed by atoms with van der Waals surface area (Å²) in [5, 5.41) is 6.32. The number of ether oxygens (including phenoxy) is 2. The first-order valence-electron chi connectivity index (χ1n) is 7.60. The number of aliphatic imine (C=N–C) groups is 1. The van der Waals surface area contributed by atoms with Crippen molar-refractivity contribution in [2.45, 2.75) is 25.7 Å². The minimum absolute atomic E-state index is 0. The fraction of sp³-hybridized carbons (Fsp3) is 0.562. The molecule has 0 saturated carbocycles. The lowest BCUT2D eigenvalue weighted by Crippen LogP contribution is -2.37. The number of methoxy groups -OCH3 is 1. The molecule has 0 unspecified atom stereocenters. The van der Waals surface area contributed by atoms with Crippen LogP contribution in [0.1, 0.15) is 17.5 Å². The standard InChI is InChI=1S/C16H24F3N3O2.HI/c1-20-15(21-8-3-9-23-2)22-10-13-4-6-14(7-5-13)11-24-12-16(17,18)19;/h4-7H,3,8-12H2,1-2H3,(H2,20,21,22);1H. The number of hydrogen-bond acceptors (Lipinski definition) is 3. The summed E-state index contributed by atoms with van der Waals surface area (Å²) >= 11 is 0. The molecule has 0 spiro atoms. The van der Waals surface area contributed by atoms with Gasteiger partial charge in [0.05, 0.1) is 6.61 Å². The molecule has 144 valence electrons. The molecular formula is C16H25F3IN3O2. The van der Waals surface area contributed by atoms with Crippen molar-refractivity contribution in [3.63, 3.8) is 0 Å². The van der Waals surface area contributed by atoms with Gasteiger partial charge in [0.25, 0.3) is 0 Å². The average molecular weight is 475 g/mol. The number of rotatable bonds is 9. The number of nitrogens with one attached hydrogen (secondary N) is 2. The summed E-state index contributed by atoms with van der Waals surface area (Å²) < 4.78 is 45.6. The SMILES string of the molecule is CN=C(NCCCOC)NCc1ccc(COCC(F)(F)F)cc1.I. The summed E-state index contributed by atoms with van der Waals surface area (Å²) in [4.78, 5) is 4.11. The molecule has 0 amide bonds. The molecule has 0 aliphatic heterocycles. The van der Waals surface area contributed by atoms with Gasteiger partial charge in [-0.05, 0) is 17.5 Å². The van der Waals surface area contributed by atoms with Gasteiger partial charge >= 0.3 is 6.18 Å². The molecule has 0 aliphatic rings. The summed E-state index contributed by atoms with van der Waals surface area (Å²) in [6.45, 7) is 0.704.